The van der Waals surface area contributed by atoms with Crippen molar-refractivity contribution in [3.63, 3.8) is 0 Å². The fourth-order valence-electron chi connectivity index (χ4n) is 7.25. The van der Waals surface area contributed by atoms with Crippen LogP contribution in [0.15, 0.2) is 53.4 Å². The molecule has 0 bridgehead atoms. The summed E-state index contributed by atoms with van der Waals surface area (Å²) in [7, 11) is -4.55. The van der Waals surface area contributed by atoms with Crippen LogP contribution in [0.4, 0.5) is 35.5 Å². The maximum Gasteiger partial charge on any atom is 0.430 e. The van der Waals surface area contributed by atoms with Crippen molar-refractivity contribution in [3.8, 4) is 0 Å². The summed E-state index contributed by atoms with van der Waals surface area (Å²) in [5, 5.41) is 9.30. The van der Waals surface area contributed by atoms with Crippen molar-refractivity contribution in [3.05, 3.63) is 65.5 Å². The van der Waals surface area contributed by atoms with Crippen LogP contribution < -0.4 is 0 Å². The quantitative estimate of drug-likeness (QED) is 0.232. The van der Waals surface area contributed by atoms with Gasteiger partial charge >= 0.3 is 24.4 Å². The predicted molar refractivity (Wildman–Crippen MR) is 162 cm³/mol. The van der Waals surface area contributed by atoms with Gasteiger partial charge in [0.15, 0.2) is 9.84 Å². The molecular formula is C33H37F7N2O6S. The van der Waals surface area contributed by atoms with Crippen LogP contribution in [-0.2, 0) is 29.7 Å². The zero-order chi connectivity index (χ0) is 35.8. The number of carbonyl (C=O) groups excluding carboxylic acids is 1. The van der Waals surface area contributed by atoms with Gasteiger partial charge < -0.3 is 19.6 Å². The SMILES string of the molecule is O=C(O)C1CCN(C(=O)N2CC[C@](c3ccc(C(OCC4CCCCC4)(C(F)(F)F)C(F)(F)F)cc3)(S(=O)(=O)c3ccc(F)cc3)C2)CC1. The molecule has 2 aromatic rings. The maximum absolute atomic E-state index is 14.6. The molecule has 2 saturated heterocycles. The van der Waals surface area contributed by atoms with Crippen molar-refractivity contribution in [2.24, 2.45) is 11.8 Å². The van der Waals surface area contributed by atoms with Crippen molar-refractivity contribution >= 4 is 21.8 Å². The highest BCUT2D eigenvalue weighted by atomic mass is 32.2. The zero-order valence-electron chi connectivity index (χ0n) is 26.4. The predicted octanol–water partition coefficient (Wildman–Crippen LogP) is 7.03. The number of halogens is 7. The zero-order valence-corrected chi connectivity index (χ0v) is 27.2. The molecule has 1 atom stereocenters. The van der Waals surface area contributed by atoms with Crippen molar-refractivity contribution in [1.29, 1.82) is 0 Å². The molecule has 16 heteroatoms. The second kappa shape index (κ2) is 13.7. The van der Waals surface area contributed by atoms with Crippen LogP contribution in [0.25, 0.3) is 0 Å². The molecule has 1 saturated carbocycles. The van der Waals surface area contributed by atoms with E-state index in [1.165, 1.54) is 9.80 Å². The number of carboxylic acids is 1. The third-order valence-electron chi connectivity index (χ3n) is 10.1. The lowest BCUT2D eigenvalue weighted by Gasteiger charge is -2.39. The Morgan fingerprint density at radius 3 is 1.92 bits per heavy atom. The van der Waals surface area contributed by atoms with Crippen LogP contribution in [0.3, 0.4) is 0 Å². The first kappa shape index (κ1) is 36.9. The van der Waals surface area contributed by atoms with Crippen LogP contribution >= 0.6 is 0 Å². The molecule has 5 rings (SSSR count). The van der Waals surface area contributed by atoms with E-state index in [2.05, 4.69) is 0 Å². The van der Waals surface area contributed by atoms with Gasteiger partial charge in [-0.3, -0.25) is 4.79 Å². The highest BCUT2D eigenvalue weighted by molar-refractivity contribution is 7.92. The number of hydrogen-bond donors (Lipinski definition) is 1. The highest BCUT2D eigenvalue weighted by Crippen LogP contribution is 2.54. The number of likely N-dealkylation sites (tertiary alicyclic amines) is 2. The van der Waals surface area contributed by atoms with Gasteiger partial charge in [0.1, 0.15) is 10.6 Å². The summed E-state index contributed by atoms with van der Waals surface area (Å²) in [6.07, 6.45) is -8.74. The van der Waals surface area contributed by atoms with Crippen molar-refractivity contribution < 1.29 is 58.6 Å². The summed E-state index contributed by atoms with van der Waals surface area (Å²) in [5.41, 5.74) is -6.11. The largest absolute Gasteiger partial charge is 0.481 e. The van der Waals surface area contributed by atoms with E-state index < -0.39 is 80.9 Å². The molecule has 0 aromatic heterocycles. The summed E-state index contributed by atoms with van der Waals surface area (Å²) in [6.45, 7) is -1.23. The Hall–Kier alpha value is -3.40. The second-order valence-electron chi connectivity index (χ2n) is 13.1. The van der Waals surface area contributed by atoms with Crippen LogP contribution in [-0.4, -0.2) is 80.5 Å². The Kier molecular flexibility index (Phi) is 10.3. The first-order valence-electron chi connectivity index (χ1n) is 16.1. The topological polar surface area (TPSA) is 104 Å². The van der Waals surface area contributed by atoms with E-state index in [0.29, 0.717) is 37.8 Å². The smallest absolute Gasteiger partial charge is 0.430 e. The Balaban J connectivity index is 1.53. The number of carbonyl (C=O) groups is 2. The van der Waals surface area contributed by atoms with Gasteiger partial charge in [0.25, 0.3) is 5.60 Å². The number of urea groups is 1. The molecule has 0 unspecified atom stereocenters. The minimum Gasteiger partial charge on any atom is -0.481 e. The Labute approximate surface area is 279 Å². The first-order chi connectivity index (χ1) is 22.9. The lowest BCUT2D eigenvalue weighted by atomic mass is 9.87. The monoisotopic (exact) mass is 722 g/mol. The fraction of sp³-hybridized carbons (Fsp3) is 0.576. The molecule has 3 fully saturated rings. The molecule has 2 aromatic carbocycles. The van der Waals surface area contributed by atoms with E-state index in [0.717, 1.165) is 42.8 Å². The van der Waals surface area contributed by atoms with Crippen LogP contribution in [0, 0.1) is 17.7 Å². The summed E-state index contributed by atoms with van der Waals surface area (Å²) < 4.78 is 133. The van der Waals surface area contributed by atoms with E-state index in [9.17, 15) is 53.8 Å². The molecule has 8 nitrogen and oxygen atoms in total. The third-order valence-corrected chi connectivity index (χ3v) is 12.6. The van der Waals surface area contributed by atoms with Crippen molar-refractivity contribution in [2.75, 3.05) is 32.8 Å². The number of piperidine rings is 1. The average molecular weight is 723 g/mol. The number of aliphatic carboxylic acids is 1. The van der Waals surface area contributed by atoms with E-state index in [-0.39, 0.29) is 49.4 Å². The minimum atomic E-state index is -5.93. The van der Waals surface area contributed by atoms with E-state index >= 15 is 0 Å². The Bertz CT molecular complexity index is 1590. The summed E-state index contributed by atoms with van der Waals surface area (Å²) in [4.78, 5) is 27.1. The maximum atomic E-state index is 14.6. The molecular weight excluding hydrogens is 685 g/mol. The number of hydrogen-bond acceptors (Lipinski definition) is 5. The summed E-state index contributed by atoms with van der Waals surface area (Å²) >= 11 is 0. The van der Waals surface area contributed by atoms with E-state index in [1.54, 1.807) is 0 Å². The molecule has 2 aliphatic heterocycles. The molecule has 3 aliphatic rings. The molecule has 49 heavy (non-hydrogen) atoms. The standard InChI is InChI=1S/C33H37F7N2O6S/c34-26-10-12-27(13-11-26)49(46,47)30(16-19-42(21-30)29(45)41-17-14-23(15-18-41)28(43)44)24-6-8-25(9-7-24)31(32(35,36)37,33(38,39)40)48-20-22-4-2-1-3-5-22/h6-13,22-23H,1-5,14-21H2,(H,43,44)/t30-/m0/s1. The summed E-state index contributed by atoms with van der Waals surface area (Å²) in [6, 6.07) is 6.13. The highest BCUT2D eigenvalue weighted by Gasteiger charge is 2.73. The third kappa shape index (κ3) is 6.86. The van der Waals surface area contributed by atoms with Gasteiger partial charge in [0.05, 0.1) is 17.4 Å². The number of carboxylic acid groups (broad SMARTS) is 1. The number of amides is 2. The average Bonchev–Trinajstić information content (AvgIpc) is 3.52. The minimum absolute atomic E-state index is 0.0938. The number of alkyl halides is 6. The van der Waals surface area contributed by atoms with Gasteiger partial charge in [-0.15, -0.1) is 0 Å². The van der Waals surface area contributed by atoms with Gasteiger partial charge in [-0.05, 0) is 67.9 Å². The van der Waals surface area contributed by atoms with E-state index in [4.69, 9.17) is 4.74 Å². The van der Waals surface area contributed by atoms with Gasteiger partial charge in [0.2, 0.25) is 0 Å². The molecule has 2 amide bonds. The van der Waals surface area contributed by atoms with Gasteiger partial charge in [-0.1, -0.05) is 43.5 Å². The Morgan fingerprint density at radius 2 is 1.39 bits per heavy atom. The Morgan fingerprint density at radius 1 is 0.816 bits per heavy atom. The van der Waals surface area contributed by atoms with Crippen LogP contribution in [0.1, 0.15) is 62.5 Å². The van der Waals surface area contributed by atoms with Crippen LogP contribution in [0.2, 0.25) is 0 Å². The lowest BCUT2D eigenvalue weighted by Crippen LogP contribution is -2.56. The second-order valence-corrected chi connectivity index (χ2v) is 15.3. The van der Waals surface area contributed by atoms with Gasteiger partial charge in [-0.25, -0.2) is 17.6 Å². The van der Waals surface area contributed by atoms with Gasteiger partial charge in [0, 0.05) is 31.7 Å². The summed E-state index contributed by atoms with van der Waals surface area (Å²) in [5.74, 6) is -2.88. The molecule has 1 aliphatic carbocycles. The first-order valence-corrected chi connectivity index (χ1v) is 17.6. The normalized spacial score (nSPS) is 22.0. The number of benzene rings is 2. The lowest BCUT2D eigenvalue weighted by molar-refractivity contribution is -0.391. The number of nitrogens with zero attached hydrogens (tertiary/aromatic N) is 2. The molecule has 0 spiro atoms. The molecule has 270 valence electrons. The number of ether oxygens (including phenoxy) is 1. The number of rotatable bonds is 8. The van der Waals surface area contributed by atoms with Crippen molar-refractivity contribution in [1.82, 2.24) is 9.80 Å². The van der Waals surface area contributed by atoms with Crippen molar-refractivity contribution in [2.45, 2.75) is 79.0 Å². The molecule has 2 heterocycles. The van der Waals surface area contributed by atoms with Crippen LogP contribution in [0.5, 0.6) is 0 Å². The van der Waals surface area contributed by atoms with Gasteiger partial charge in [-0.2, -0.15) is 26.3 Å². The molecule has 1 N–H and O–H groups in total. The molecule has 0 radical (unpaired) electrons. The number of sulfone groups is 1. The fourth-order valence-corrected chi connectivity index (χ4v) is 9.33. The van der Waals surface area contributed by atoms with E-state index in [1.807, 2.05) is 0 Å².